The Labute approximate surface area is 402 Å². The van der Waals surface area contributed by atoms with E-state index in [2.05, 4.69) is 52.5 Å². The Morgan fingerprint density at radius 3 is 1.59 bits per heavy atom. The number of imidazole rings is 1. The molecule has 0 radical (unpaired) electrons. The van der Waals surface area contributed by atoms with Gasteiger partial charge < -0.3 is 74.3 Å². The second-order valence-corrected chi connectivity index (χ2v) is 18.5. The molecule has 0 aliphatic carbocycles. The molecule has 1 aromatic rings. The Morgan fingerprint density at radius 1 is 0.638 bits per heavy atom. The lowest BCUT2D eigenvalue weighted by atomic mass is 9.96. The summed E-state index contributed by atoms with van der Waals surface area (Å²) in [5, 5.41) is 49.3. The van der Waals surface area contributed by atoms with Crippen LogP contribution in [0, 0.1) is 23.7 Å². The van der Waals surface area contributed by atoms with E-state index in [9.17, 15) is 63.3 Å². The normalized spacial score (nSPS) is 15.7. The summed E-state index contributed by atoms with van der Waals surface area (Å²) in [5.74, 6) is -9.99. The number of hydrogen-bond donors (Lipinski definition) is 14. The number of carboxylic acids is 1. The Kier molecular flexibility index (Phi) is 26.7. The van der Waals surface area contributed by atoms with Crippen molar-refractivity contribution in [1.29, 1.82) is 0 Å². The van der Waals surface area contributed by atoms with Gasteiger partial charge >= 0.3 is 5.97 Å². The molecule has 0 saturated carbocycles. The molecule has 25 nitrogen and oxygen atoms in total. The molecule has 0 saturated heterocycles. The molecule has 0 bridgehead atoms. The lowest BCUT2D eigenvalue weighted by Gasteiger charge is -2.28. The second-order valence-electron chi connectivity index (χ2n) is 18.5. The minimum absolute atomic E-state index is 0.00763. The first-order valence-electron chi connectivity index (χ1n) is 23.1. The standard InChI is InChI=1S/C44H76N12O13/c1-10-24(8)35(55-41(65)30(14-22(4)5)52-37(61)27(45)19-57)42(66)48-18-34(60)50-31(16-26-17-47-20-49-26)40(64)53-29(13-21(2)3)39(63)51-28(11-12-33(46)59)38(62)56-36(25(9)58)43(67)54-32(44(68)69)15-23(6)7/h17,20-25,27-32,35-36,57-58H,10-16,18-19,45H2,1-9H3,(H2,46,59)(H,47,49)(H,48,66)(H,50,60)(H,51,63)(H,52,61)(H,53,64)(H,54,67)(H,55,65)(H,56,62)(H,68,69)/t24-,25+,27-,28-,29-,30-,31-,32-,35-,36-/m0/s1. The number of aliphatic hydroxyl groups excluding tert-OH is 2. The number of nitrogens with two attached hydrogens (primary N) is 2. The average Bonchev–Trinajstić information content (AvgIpc) is 3.78. The third kappa shape index (κ3) is 22.6. The van der Waals surface area contributed by atoms with Gasteiger partial charge in [0.05, 0.1) is 25.6 Å². The summed E-state index contributed by atoms with van der Waals surface area (Å²) in [5.41, 5.74) is 11.4. The molecule has 0 aliphatic rings. The highest BCUT2D eigenvalue weighted by Crippen LogP contribution is 2.13. The number of nitrogens with one attached hydrogen (secondary N) is 9. The number of hydrogen-bond acceptors (Lipinski definition) is 14. The van der Waals surface area contributed by atoms with Gasteiger partial charge in [-0.3, -0.25) is 43.2 Å². The van der Waals surface area contributed by atoms with E-state index in [1.54, 1.807) is 41.5 Å². The Hall–Kier alpha value is -6.21. The van der Waals surface area contributed by atoms with Crippen LogP contribution in [0.1, 0.15) is 107 Å². The topological polar surface area (TPSA) is 408 Å². The molecule has 0 unspecified atom stereocenters. The molecule has 1 rings (SSSR count). The quantitative estimate of drug-likeness (QED) is 0.0336. The Morgan fingerprint density at radius 2 is 1.12 bits per heavy atom. The summed E-state index contributed by atoms with van der Waals surface area (Å²) in [7, 11) is 0. The van der Waals surface area contributed by atoms with Crippen molar-refractivity contribution in [2.75, 3.05) is 13.2 Å². The minimum Gasteiger partial charge on any atom is -0.480 e. The van der Waals surface area contributed by atoms with Gasteiger partial charge in [-0.15, -0.1) is 0 Å². The number of carbonyl (C=O) groups excluding carboxylic acids is 9. The van der Waals surface area contributed by atoms with Gasteiger partial charge in [0.1, 0.15) is 48.3 Å². The number of aromatic amines is 1. The van der Waals surface area contributed by atoms with Crippen molar-refractivity contribution in [3.05, 3.63) is 18.2 Å². The summed E-state index contributed by atoms with van der Waals surface area (Å²) >= 11 is 0. The summed E-state index contributed by atoms with van der Waals surface area (Å²) in [6.07, 6.45) is 0.835. The van der Waals surface area contributed by atoms with Gasteiger partial charge in [-0.1, -0.05) is 61.8 Å². The van der Waals surface area contributed by atoms with Crippen LogP contribution in [0.3, 0.4) is 0 Å². The summed E-state index contributed by atoms with van der Waals surface area (Å²) < 4.78 is 0. The lowest BCUT2D eigenvalue weighted by Crippen LogP contribution is -2.61. The molecule has 1 heterocycles. The highest BCUT2D eigenvalue weighted by atomic mass is 16.4. The number of aromatic nitrogens is 2. The van der Waals surface area contributed by atoms with Crippen LogP contribution in [0.15, 0.2) is 12.5 Å². The predicted molar refractivity (Wildman–Crippen MR) is 249 cm³/mol. The number of aliphatic hydroxyl groups is 2. The fraction of sp³-hybridized carbons (Fsp3) is 0.705. The van der Waals surface area contributed by atoms with Crippen LogP contribution in [0.4, 0.5) is 0 Å². The Balaban J connectivity index is 3.34. The van der Waals surface area contributed by atoms with Gasteiger partial charge in [0.15, 0.2) is 0 Å². The van der Waals surface area contributed by atoms with Crippen LogP contribution in [0.25, 0.3) is 0 Å². The summed E-state index contributed by atoms with van der Waals surface area (Å²) in [6, 6.07) is -10.9. The van der Waals surface area contributed by atoms with Crippen molar-refractivity contribution in [2.45, 2.75) is 162 Å². The van der Waals surface area contributed by atoms with Crippen molar-refractivity contribution in [1.82, 2.24) is 52.5 Å². The summed E-state index contributed by atoms with van der Waals surface area (Å²) in [6.45, 7) is 13.9. The SMILES string of the molecule is CC[C@H](C)[C@H](NC(=O)[C@H](CC(C)C)NC(=O)[C@@H](N)CO)C(=O)NCC(=O)N[C@@H](Cc1cnc[nH]1)C(=O)N[C@@H](CC(C)C)C(=O)N[C@@H](CCC(N)=O)C(=O)N[C@H](C(=O)N[C@@H](CC(C)C)C(=O)O)[C@@H](C)O. The first-order valence-corrected chi connectivity index (χ1v) is 23.1. The van der Waals surface area contributed by atoms with Gasteiger partial charge in [-0.05, 0) is 56.3 Å². The molecule has 25 heteroatoms. The van der Waals surface area contributed by atoms with Crippen LogP contribution < -0.4 is 54.0 Å². The molecule has 0 fully saturated rings. The molecular formula is C44H76N12O13. The number of carboxylic acid groups (broad SMARTS) is 1. The maximum absolute atomic E-state index is 14.0. The molecular weight excluding hydrogens is 905 g/mol. The fourth-order valence-corrected chi connectivity index (χ4v) is 6.78. The van der Waals surface area contributed by atoms with Crippen molar-refractivity contribution < 1.29 is 63.3 Å². The molecule has 1 aromatic heterocycles. The van der Waals surface area contributed by atoms with Crippen LogP contribution >= 0.6 is 0 Å². The van der Waals surface area contributed by atoms with Crippen LogP contribution in [0.5, 0.6) is 0 Å². The average molecular weight is 981 g/mol. The fourth-order valence-electron chi connectivity index (χ4n) is 6.78. The number of amides is 9. The predicted octanol–water partition coefficient (Wildman–Crippen LogP) is -3.30. The Bertz CT molecular complexity index is 1880. The maximum Gasteiger partial charge on any atom is 0.326 e. The van der Waals surface area contributed by atoms with Crippen molar-refractivity contribution in [3.63, 3.8) is 0 Å². The number of primary amides is 1. The number of nitrogens with zero attached hydrogens (tertiary/aromatic N) is 1. The largest absolute Gasteiger partial charge is 0.480 e. The zero-order chi connectivity index (χ0) is 52.7. The van der Waals surface area contributed by atoms with E-state index >= 15 is 0 Å². The lowest BCUT2D eigenvalue weighted by molar-refractivity contribution is -0.143. The van der Waals surface area contributed by atoms with E-state index in [1.807, 2.05) is 13.8 Å². The van der Waals surface area contributed by atoms with Gasteiger partial charge in [0.2, 0.25) is 53.2 Å². The van der Waals surface area contributed by atoms with Gasteiger partial charge in [0.25, 0.3) is 0 Å². The van der Waals surface area contributed by atoms with E-state index < -0.39 is 139 Å². The molecule has 0 spiro atoms. The molecule has 390 valence electrons. The summed E-state index contributed by atoms with van der Waals surface area (Å²) in [4.78, 5) is 138. The molecule has 10 atom stereocenters. The number of aliphatic carboxylic acids is 1. The first-order chi connectivity index (χ1) is 32.2. The van der Waals surface area contributed by atoms with Crippen LogP contribution in [-0.4, -0.2) is 152 Å². The third-order valence-electron chi connectivity index (χ3n) is 10.8. The molecule has 69 heavy (non-hydrogen) atoms. The molecule has 16 N–H and O–H groups in total. The third-order valence-corrected chi connectivity index (χ3v) is 10.8. The molecule has 0 aliphatic heterocycles. The van der Waals surface area contributed by atoms with Crippen LogP contribution in [-0.2, 0) is 54.4 Å². The van der Waals surface area contributed by atoms with Crippen molar-refractivity contribution in [2.24, 2.45) is 35.1 Å². The minimum atomic E-state index is -1.69. The van der Waals surface area contributed by atoms with E-state index in [4.69, 9.17) is 11.5 Å². The van der Waals surface area contributed by atoms with Crippen molar-refractivity contribution in [3.8, 4) is 0 Å². The number of carbonyl (C=O) groups is 10. The smallest absolute Gasteiger partial charge is 0.326 e. The van der Waals surface area contributed by atoms with Crippen molar-refractivity contribution >= 4 is 59.1 Å². The van der Waals surface area contributed by atoms with E-state index in [1.165, 1.54) is 19.4 Å². The monoisotopic (exact) mass is 981 g/mol. The first kappa shape index (κ1) is 60.8. The zero-order valence-corrected chi connectivity index (χ0v) is 41.1. The number of H-pyrrole nitrogens is 1. The highest BCUT2D eigenvalue weighted by molar-refractivity contribution is 5.97. The van der Waals surface area contributed by atoms with E-state index in [0.717, 1.165) is 0 Å². The zero-order valence-electron chi connectivity index (χ0n) is 41.1. The second kappa shape index (κ2) is 30.3. The number of rotatable bonds is 32. The van der Waals surface area contributed by atoms with Crippen LogP contribution in [0.2, 0.25) is 0 Å². The van der Waals surface area contributed by atoms with Gasteiger partial charge in [-0.25, -0.2) is 9.78 Å². The molecule has 9 amide bonds. The highest BCUT2D eigenvalue weighted by Gasteiger charge is 2.36. The maximum atomic E-state index is 14.0. The van der Waals surface area contributed by atoms with Gasteiger partial charge in [0, 0.05) is 24.7 Å². The van der Waals surface area contributed by atoms with E-state index in [-0.39, 0.29) is 49.9 Å². The van der Waals surface area contributed by atoms with Gasteiger partial charge in [-0.2, -0.15) is 0 Å². The van der Waals surface area contributed by atoms with E-state index in [0.29, 0.717) is 12.1 Å². The molecule has 0 aromatic carbocycles.